The van der Waals surface area contributed by atoms with Crippen LogP contribution < -0.4 is 4.74 Å². The molecule has 0 heterocycles. The van der Waals surface area contributed by atoms with Crippen molar-refractivity contribution in [3.05, 3.63) is 29.6 Å². The Morgan fingerprint density at radius 3 is 2.72 bits per heavy atom. The molecule has 0 unspecified atom stereocenters. The van der Waals surface area contributed by atoms with Crippen LogP contribution in [-0.2, 0) is 0 Å². The van der Waals surface area contributed by atoms with Crippen LogP contribution in [0, 0.1) is 11.7 Å². The second-order valence-corrected chi connectivity index (χ2v) is 5.61. The maximum absolute atomic E-state index is 13.4. The fourth-order valence-corrected chi connectivity index (χ4v) is 2.54. The number of benzene rings is 1. The number of carbonyl (C=O) groups is 1. The number of hydrogen-bond donors (Lipinski definition) is 0. The highest BCUT2D eigenvalue weighted by Crippen LogP contribution is 2.19. The molecule has 2 nitrogen and oxygen atoms in total. The van der Waals surface area contributed by atoms with Crippen LogP contribution in [0.2, 0.25) is 0 Å². The molecular weight excluding hydrogens is 251 g/mol. The van der Waals surface area contributed by atoms with Gasteiger partial charge in [-0.15, -0.1) is 0 Å². The van der Waals surface area contributed by atoms with Crippen molar-refractivity contribution in [2.45, 2.75) is 20.3 Å². The lowest BCUT2D eigenvalue weighted by molar-refractivity contribution is 0.102. The van der Waals surface area contributed by atoms with Gasteiger partial charge in [0.1, 0.15) is 0 Å². The Kier molecular flexibility index (Phi) is 6.19. The minimum atomic E-state index is -0.490. The van der Waals surface area contributed by atoms with E-state index < -0.39 is 5.82 Å². The molecule has 0 amide bonds. The van der Waals surface area contributed by atoms with E-state index in [9.17, 15) is 9.18 Å². The molecule has 0 aliphatic heterocycles. The van der Waals surface area contributed by atoms with E-state index in [1.165, 1.54) is 19.2 Å². The molecule has 100 valence electrons. The molecule has 0 radical (unpaired) electrons. The third-order valence-corrected chi connectivity index (χ3v) is 3.54. The Morgan fingerprint density at radius 2 is 2.17 bits per heavy atom. The van der Waals surface area contributed by atoms with E-state index in [2.05, 4.69) is 13.8 Å². The molecule has 0 bridgehead atoms. The van der Waals surface area contributed by atoms with Gasteiger partial charge in [0.05, 0.1) is 12.9 Å². The van der Waals surface area contributed by atoms with Gasteiger partial charge in [-0.05, 0) is 36.3 Å². The van der Waals surface area contributed by atoms with E-state index in [4.69, 9.17) is 4.74 Å². The normalized spacial score (nSPS) is 10.7. The van der Waals surface area contributed by atoms with Crippen LogP contribution in [-0.4, -0.2) is 24.4 Å². The van der Waals surface area contributed by atoms with E-state index in [0.717, 1.165) is 12.2 Å². The SMILES string of the molecule is COc1ccc(C(=O)CSCCC(C)C)cc1F. The van der Waals surface area contributed by atoms with Crippen molar-refractivity contribution in [3.63, 3.8) is 0 Å². The number of halogens is 1. The molecule has 0 N–H and O–H groups in total. The molecule has 0 aliphatic rings. The number of Topliss-reactive ketones (excluding diaryl/α,β-unsaturated/α-hetero) is 1. The molecule has 0 aliphatic carbocycles. The lowest BCUT2D eigenvalue weighted by atomic mass is 10.1. The van der Waals surface area contributed by atoms with Gasteiger partial charge in [-0.1, -0.05) is 13.8 Å². The number of carbonyl (C=O) groups excluding carboxylic acids is 1. The summed E-state index contributed by atoms with van der Waals surface area (Å²) in [5.41, 5.74) is 0.408. The molecule has 0 spiro atoms. The number of hydrogen-bond acceptors (Lipinski definition) is 3. The summed E-state index contributed by atoms with van der Waals surface area (Å²) in [6.45, 7) is 4.31. The van der Waals surface area contributed by atoms with Crippen molar-refractivity contribution in [1.82, 2.24) is 0 Å². The molecule has 1 rings (SSSR count). The summed E-state index contributed by atoms with van der Waals surface area (Å²) in [6, 6.07) is 4.33. The predicted octanol–water partition coefficient (Wildman–Crippen LogP) is 3.80. The Hall–Kier alpha value is -1.03. The maximum atomic E-state index is 13.4. The molecule has 0 fully saturated rings. The summed E-state index contributed by atoms with van der Waals surface area (Å²) in [6.07, 6.45) is 1.09. The minimum absolute atomic E-state index is 0.0368. The summed E-state index contributed by atoms with van der Waals surface area (Å²) < 4.78 is 18.2. The lowest BCUT2D eigenvalue weighted by Gasteiger charge is -2.06. The fraction of sp³-hybridized carbons (Fsp3) is 0.500. The fourth-order valence-electron chi connectivity index (χ4n) is 1.41. The average molecular weight is 270 g/mol. The average Bonchev–Trinajstić information content (AvgIpc) is 2.34. The topological polar surface area (TPSA) is 26.3 Å². The van der Waals surface area contributed by atoms with E-state index in [-0.39, 0.29) is 11.5 Å². The first-order chi connectivity index (χ1) is 8.54. The molecule has 1 aromatic carbocycles. The van der Waals surface area contributed by atoms with Gasteiger partial charge in [-0.25, -0.2) is 4.39 Å². The van der Waals surface area contributed by atoms with Crippen molar-refractivity contribution >= 4 is 17.5 Å². The first-order valence-electron chi connectivity index (χ1n) is 5.99. The zero-order valence-corrected chi connectivity index (χ0v) is 11.8. The zero-order chi connectivity index (χ0) is 13.5. The van der Waals surface area contributed by atoms with E-state index in [1.807, 2.05) is 0 Å². The molecule has 0 saturated heterocycles. The monoisotopic (exact) mass is 270 g/mol. The molecule has 0 aromatic heterocycles. The molecule has 0 atom stereocenters. The standard InChI is InChI=1S/C14H19FO2S/c1-10(2)6-7-18-9-13(16)11-4-5-14(17-3)12(15)8-11/h4-5,8,10H,6-7,9H2,1-3H3. The van der Waals surface area contributed by atoms with Crippen molar-refractivity contribution in [2.75, 3.05) is 18.6 Å². The van der Waals surface area contributed by atoms with Crippen LogP contribution in [0.3, 0.4) is 0 Å². The predicted molar refractivity (Wildman–Crippen MR) is 74.1 cm³/mol. The van der Waals surface area contributed by atoms with Gasteiger partial charge in [0.2, 0.25) is 0 Å². The smallest absolute Gasteiger partial charge is 0.172 e. The molecular formula is C14H19FO2S. The Labute approximate surface area is 112 Å². The summed E-state index contributed by atoms with van der Waals surface area (Å²) >= 11 is 1.60. The van der Waals surface area contributed by atoms with Gasteiger partial charge in [0.15, 0.2) is 17.3 Å². The number of methoxy groups -OCH3 is 1. The maximum Gasteiger partial charge on any atom is 0.172 e. The van der Waals surface area contributed by atoms with Gasteiger partial charge in [0, 0.05) is 5.56 Å². The summed E-state index contributed by atoms with van der Waals surface area (Å²) in [5.74, 6) is 1.64. The van der Waals surface area contributed by atoms with E-state index in [0.29, 0.717) is 17.2 Å². The Balaban J connectivity index is 2.49. The first kappa shape index (κ1) is 15.0. The summed E-state index contributed by atoms with van der Waals surface area (Å²) in [5, 5.41) is 0. The van der Waals surface area contributed by atoms with Gasteiger partial charge >= 0.3 is 0 Å². The van der Waals surface area contributed by atoms with Crippen molar-refractivity contribution < 1.29 is 13.9 Å². The first-order valence-corrected chi connectivity index (χ1v) is 7.14. The zero-order valence-electron chi connectivity index (χ0n) is 11.0. The Bertz CT molecular complexity index is 405. The van der Waals surface area contributed by atoms with E-state index >= 15 is 0 Å². The highest BCUT2D eigenvalue weighted by atomic mass is 32.2. The van der Waals surface area contributed by atoms with Gasteiger partial charge in [-0.3, -0.25) is 4.79 Å². The second kappa shape index (κ2) is 7.41. The van der Waals surface area contributed by atoms with Crippen LogP contribution in [0.1, 0.15) is 30.6 Å². The summed E-state index contributed by atoms with van der Waals surface area (Å²) in [4.78, 5) is 11.8. The Morgan fingerprint density at radius 1 is 1.44 bits per heavy atom. The highest BCUT2D eigenvalue weighted by molar-refractivity contribution is 7.99. The van der Waals surface area contributed by atoms with Crippen molar-refractivity contribution in [1.29, 1.82) is 0 Å². The third-order valence-electron chi connectivity index (χ3n) is 2.55. The second-order valence-electron chi connectivity index (χ2n) is 4.51. The minimum Gasteiger partial charge on any atom is -0.494 e. The highest BCUT2D eigenvalue weighted by Gasteiger charge is 2.10. The van der Waals surface area contributed by atoms with E-state index in [1.54, 1.807) is 17.8 Å². The van der Waals surface area contributed by atoms with Crippen LogP contribution in [0.25, 0.3) is 0 Å². The van der Waals surface area contributed by atoms with Crippen LogP contribution >= 0.6 is 11.8 Å². The van der Waals surface area contributed by atoms with Crippen LogP contribution in [0.5, 0.6) is 5.75 Å². The van der Waals surface area contributed by atoms with Crippen LogP contribution in [0.4, 0.5) is 4.39 Å². The van der Waals surface area contributed by atoms with Crippen LogP contribution in [0.15, 0.2) is 18.2 Å². The van der Waals surface area contributed by atoms with Gasteiger partial charge < -0.3 is 4.74 Å². The molecule has 0 saturated carbocycles. The molecule has 18 heavy (non-hydrogen) atoms. The molecule has 4 heteroatoms. The molecule has 1 aromatic rings. The largest absolute Gasteiger partial charge is 0.494 e. The third kappa shape index (κ3) is 4.69. The van der Waals surface area contributed by atoms with Crippen molar-refractivity contribution in [2.24, 2.45) is 5.92 Å². The van der Waals surface area contributed by atoms with Gasteiger partial charge in [0.25, 0.3) is 0 Å². The summed E-state index contributed by atoms with van der Waals surface area (Å²) in [7, 11) is 1.40. The number of thioether (sulfide) groups is 1. The quantitative estimate of drug-likeness (QED) is 0.557. The lowest BCUT2D eigenvalue weighted by Crippen LogP contribution is -2.04. The number of ether oxygens (including phenoxy) is 1. The van der Waals surface area contributed by atoms with Crippen molar-refractivity contribution in [3.8, 4) is 5.75 Å². The number of ketones is 1. The number of rotatable bonds is 7. The van der Waals surface area contributed by atoms with Gasteiger partial charge in [-0.2, -0.15) is 11.8 Å².